The summed E-state index contributed by atoms with van der Waals surface area (Å²) in [5.74, 6) is -0.809. The van der Waals surface area contributed by atoms with Crippen LogP contribution in [-0.2, 0) is 9.59 Å². The standard InChI is InChI=1S/C5H11NO2S.C3H7NO2S.ClH.H2O/c1-9-3-2-4(6)5(7)8;4-2(1-7)3(5)6;;/h4H,2-3,6H2,1H3,(H,7,8);2,7H,1,4H2,(H,5,6);1H;1H2. The van der Waals surface area contributed by atoms with Gasteiger partial charge in [0.15, 0.2) is 6.04 Å². The van der Waals surface area contributed by atoms with Gasteiger partial charge in [-0.2, -0.15) is 24.4 Å². The van der Waals surface area contributed by atoms with E-state index in [0.29, 0.717) is 12.2 Å². The van der Waals surface area contributed by atoms with E-state index in [-0.39, 0.29) is 17.9 Å². The third kappa shape index (κ3) is 18.2. The fourth-order valence-corrected chi connectivity index (χ4v) is 1.13. The first-order valence-electron chi connectivity index (χ1n) is 4.56. The average Bonchev–Trinajstić information content (AvgIpc) is 2.25. The van der Waals surface area contributed by atoms with E-state index in [1.807, 2.05) is 6.26 Å². The van der Waals surface area contributed by atoms with E-state index in [1.165, 1.54) is 0 Å². The number of rotatable bonds is 6. The van der Waals surface area contributed by atoms with E-state index < -0.39 is 24.0 Å². The lowest BCUT2D eigenvalue weighted by Gasteiger charge is -2.06. The number of thioether (sulfide) groups is 1. The Labute approximate surface area is 122 Å². The second kappa shape index (κ2) is 16.8. The lowest BCUT2D eigenvalue weighted by Crippen LogP contribution is -3.00. The summed E-state index contributed by atoms with van der Waals surface area (Å²) in [5.41, 5.74) is 6.68. The largest absolute Gasteiger partial charge is 1.00 e. The Morgan fingerprint density at radius 2 is 1.83 bits per heavy atom. The van der Waals surface area contributed by atoms with Gasteiger partial charge in [0.1, 0.15) is 6.04 Å². The van der Waals surface area contributed by atoms with Gasteiger partial charge in [-0.05, 0) is 12.0 Å². The number of hydrogen-bond donors (Lipinski definition) is 4. The van der Waals surface area contributed by atoms with Crippen LogP contribution in [0.4, 0.5) is 0 Å². The molecule has 18 heavy (non-hydrogen) atoms. The topological polar surface area (TPSA) is 164 Å². The number of carboxylic acids is 2. The lowest BCUT2D eigenvalue weighted by atomic mass is 10.2. The molecule has 0 fully saturated rings. The maximum atomic E-state index is 10.0. The lowest BCUT2D eigenvalue weighted by molar-refractivity contribution is -0.437. The number of hydrogen-bond acceptors (Lipinski definition) is 5. The van der Waals surface area contributed by atoms with Crippen molar-refractivity contribution in [3.8, 4) is 0 Å². The summed E-state index contributed by atoms with van der Waals surface area (Å²) in [7, 11) is 0. The van der Waals surface area contributed by atoms with Crippen LogP contribution in [-0.4, -0.2) is 52.4 Å². The highest BCUT2D eigenvalue weighted by Crippen LogP contribution is 1.95. The monoisotopic (exact) mass is 324 g/mol. The minimum absolute atomic E-state index is 0. The van der Waals surface area contributed by atoms with Crippen molar-refractivity contribution in [3.63, 3.8) is 0 Å². The molecule has 2 atom stereocenters. The van der Waals surface area contributed by atoms with E-state index in [0.717, 1.165) is 5.75 Å². The highest BCUT2D eigenvalue weighted by molar-refractivity contribution is 7.98. The van der Waals surface area contributed by atoms with Crippen molar-refractivity contribution in [3.05, 3.63) is 0 Å². The minimum atomic E-state index is -1.05. The van der Waals surface area contributed by atoms with Crippen LogP contribution in [0.2, 0.25) is 0 Å². The summed E-state index contributed by atoms with van der Waals surface area (Å²) >= 11 is 5.33. The molecule has 0 aliphatic carbocycles. The van der Waals surface area contributed by atoms with E-state index in [1.54, 1.807) is 11.8 Å². The Morgan fingerprint density at radius 3 is 2.00 bits per heavy atom. The molecule has 112 valence electrons. The first-order chi connectivity index (χ1) is 7.36. The van der Waals surface area contributed by atoms with Crippen molar-refractivity contribution in [1.29, 1.82) is 0 Å². The van der Waals surface area contributed by atoms with Crippen LogP contribution in [0.3, 0.4) is 0 Å². The molecule has 0 aromatic heterocycles. The average molecular weight is 325 g/mol. The minimum Gasteiger partial charge on any atom is -1.00 e. The van der Waals surface area contributed by atoms with Gasteiger partial charge in [0.2, 0.25) is 0 Å². The zero-order valence-corrected chi connectivity index (χ0v) is 12.6. The van der Waals surface area contributed by atoms with Gasteiger partial charge in [-0.25, -0.2) is 4.79 Å². The summed E-state index contributed by atoms with van der Waals surface area (Å²) in [5, 5.41) is 18.1. The van der Waals surface area contributed by atoms with Gasteiger partial charge in [0.05, 0.1) is 11.7 Å². The number of thiol groups is 1. The molecular formula is C8H21ClN2O5S2. The number of aliphatic carboxylic acids is 2. The molecule has 0 aliphatic heterocycles. The molecule has 10 heteroatoms. The summed E-state index contributed by atoms with van der Waals surface area (Å²) in [6.45, 7) is 0. The Morgan fingerprint density at radius 1 is 1.39 bits per heavy atom. The summed E-state index contributed by atoms with van der Waals surface area (Å²) < 4.78 is 0. The number of halogens is 1. The highest BCUT2D eigenvalue weighted by Gasteiger charge is 2.10. The molecule has 0 heterocycles. The van der Waals surface area contributed by atoms with Gasteiger partial charge in [0, 0.05) is 6.42 Å². The number of carboxylic acid groups (broad SMARTS) is 2. The molecule has 0 aliphatic rings. The van der Waals surface area contributed by atoms with Crippen LogP contribution in [0.5, 0.6) is 0 Å². The number of carbonyl (C=O) groups is 2. The SMILES string of the molecule is CSCCC([NH3+])C(=O)[O-].O.[Cl-].[NH3+]C(CS)C(=O)O. The summed E-state index contributed by atoms with van der Waals surface area (Å²) in [6.07, 6.45) is 2.53. The smallest absolute Gasteiger partial charge is 0.363 e. The molecule has 0 saturated carbocycles. The van der Waals surface area contributed by atoms with E-state index in [9.17, 15) is 14.7 Å². The van der Waals surface area contributed by atoms with Gasteiger partial charge >= 0.3 is 5.97 Å². The Kier molecular flexibility index (Phi) is 24.6. The maximum absolute atomic E-state index is 10.0. The molecule has 0 saturated heterocycles. The third-order valence-electron chi connectivity index (χ3n) is 1.57. The molecule has 0 amide bonds. The summed E-state index contributed by atoms with van der Waals surface area (Å²) in [6, 6.07) is -1.11. The summed E-state index contributed by atoms with van der Waals surface area (Å²) in [4.78, 5) is 19.8. The fraction of sp³-hybridized carbons (Fsp3) is 0.750. The van der Waals surface area contributed by atoms with Crippen LogP contribution >= 0.6 is 24.4 Å². The molecular weight excluding hydrogens is 304 g/mol. The fourth-order valence-electron chi connectivity index (χ4n) is 0.456. The van der Waals surface area contributed by atoms with Crippen molar-refractivity contribution in [1.82, 2.24) is 0 Å². The maximum Gasteiger partial charge on any atom is 0.363 e. The Bertz CT molecular complexity index is 224. The molecule has 0 bridgehead atoms. The first kappa shape index (κ1) is 26.4. The zero-order chi connectivity index (χ0) is 13.1. The third-order valence-corrected chi connectivity index (χ3v) is 2.66. The van der Waals surface area contributed by atoms with Crippen molar-refractivity contribution < 1.29 is 49.2 Å². The van der Waals surface area contributed by atoms with Gasteiger partial charge in [-0.1, -0.05) is 0 Å². The number of carbonyl (C=O) groups excluding carboxylic acids is 1. The van der Waals surface area contributed by atoms with Gasteiger partial charge in [-0.15, -0.1) is 0 Å². The Balaban J connectivity index is -0.000000100. The molecule has 0 rings (SSSR count). The molecule has 2 unspecified atom stereocenters. The second-order valence-corrected chi connectivity index (χ2v) is 4.37. The normalized spacial score (nSPS) is 11.8. The van der Waals surface area contributed by atoms with E-state index in [4.69, 9.17) is 5.11 Å². The van der Waals surface area contributed by atoms with Crippen molar-refractivity contribution in [2.75, 3.05) is 17.8 Å². The predicted molar refractivity (Wildman–Crippen MR) is 66.5 cm³/mol. The molecule has 0 spiro atoms. The second-order valence-electron chi connectivity index (χ2n) is 3.02. The van der Waals surface area contributed by atoms with Gasteiger partial charge < -0.3 is 44.4 Å². The molecule has 7 nitrogen and oxygen atoms in total. The Hall–Kier alpha value is -0.190. The molecule has 9 N–H and O–H groups in total. The van der Waals surface area contributed by atoms with E-state index in [2.05, 4.69) is 24.1 Å². The predicted octanol–water partition coefficient (Wildman–Crippen LogP) is -7.11. The van der Waals surface area contributed by atoms with Crippen molar-refractivity contribution in [2.24, 2.45) is 0 Å². The van der Waals surface area contributed by atoms with Crippen molar-refractivity contribution in [2.45, 2.75) is 18.5 Å². The van der Waals surface area contributed by atoms with Gasteiger partial charge in [0.25, 0.3) is 0 Å². The van der Waals surface area contributed by atoms with E-state index >= 15 is 0 Å². The highest BCUT2D eigenvalue weighted by atomic mass is 35.5. The van der Waals surface area contributed by atoms with Crippen molar-refractivity contribution >= 4 is 36.3 Å². The van der Waals surface area contributed by atoms with Crippen LogP contribution in [0.1, 0.15) is 6.42 Å². The zero-order valence-electron chi connectivity index (χ0n) is 10.1. The first-order valence-corrected chi connectivity index (χ1v) is 6.59. The van der Waals surface area contributed by atoms with Crippen LogP contribution in [0.15, 0.2) is 0 Å². The number of quaternary nitrogens is 2. The molecule has 0 aromatic rings. The van der Waals surface area contributed by atoms with Crippen LogP contribution < -0.4 is 29.0 Å². The molecule has 0 aromatic carbocycles. The molecule has 0 radical (unpaired) electrons. The van der Waals surface area contributed by atoms with Crippen LogP contribution in [0, 0.1) is 0 Å². The van der Waals surface area contributed by atoms with Crippen LogP contribution in [0.25, 0.3) is 0 Å². The quantitative estimate of drug-likeness (QED) is 0.356. The van der Waals surface area contributed by atoms with Gasteiger partial charge in [-0.3, -0.25) is 0 Å².